The summed E-state index contributed by atoms with van der Waals surface area (Å²) in [5.41, 5.74) is 0. The Morgan fingerprint density at radius 2 is 2.40 bits per heavy atom. The van der Waals surface area contributed by atoms with Crippen LogP contribution < -0.4 is 5.32 Å². The minimum absolute atomic E-state index is 0.0801. The molecule has 0 amide bonds. The van der Waals surface area contributed by atoms with Crippen molar-refractivity contribution in [2.24, 2.45) is 5.92 Å². The topological polar surface area (TPSA) is 69.6 Å². The lowest BCUT2D eigenvalue weighted by Gasteiger charge is -2.01. The van der Waals surface area contributed by atoms with Gasteiger partial charge >= 0.3 is 5.97 Å². The van der Waals surface area contributed by atoms with E-state index in [9.17, 15) is 4.79 Å². The highest BCUT2D eigenvalue weighted by Gasteiger charge is 2.28. The second kappa shape index (κ2) is 2.98. The van der Waals surface area contributed by atoms with E-state index in [1.165, 1.54) is 0 Å². The standard InChI is InChI=1S/C6H11NO3/c8-3-4-1-5(6(9)10)7-2-4/h4-5,7-8H,1-3H2,(H,9,10)/t4-,5-/m1/s1. The molecule has 4 heteroatoms. The SMILES string of the molecule is O=C(O)[C@H]1C[C@@H](CO)CN1. The van der Waals surface area contributed by atoms with Gasteiger partial charge < -0.3 is 15.5 Å². The van der Waals surface area contributed by atoms with Crippen molar-refractivity contribution in [3.63, 3.8) is 0 Å². The predicted molar refractivity (Wildman–Crippen MR) is 34.6 cm³/mol. The normalized spacial score (nSPS) is 32.5. The molecule has 0 spiro atoms. The summed E-state index contributed by atoms with van der Waals surface area (Å²) in [5, 5.41) is 19.9. The molecule has 4 nitrogen and oxygen atoms in total. The molecule has 1 fully saturated rings. The predicted octanol–water partition coefficient (Wildman–Crippen LogP) is -0.959. The number of carbonyl (C=O) groups is 1. The maximum atomic E-state index is 10.3. The van der Waals surface area contributed by atoms with Gasteiger partial charge in [0, 0.05) is 13.2 Å². The number of aliphatic carboxylic acids is 1. The first-order chi connectivity index (χ1) is 4.74. The summed E-state index contributed by atoms with van der Waals surface area (Å²) < 4.78 is 0. The Morgan fingerprint density at radius 3 is 2.70 bits per heavy atom. The van der Waals surface area contributed by atoms with E-state index in [4.69, 9.17) is 10.2 Å². The van der Waals surface area contributed by atoms with E-state index in [-0.39, 0.29) is 12.5 Å². The molecule has 1 saturated heterocycles. The smallest absolute Gasteiger partial charge is 0.320 e. The molecule has 0 bridgehead atoms. The van der Waals surface area contributed by atoms with E-state index in [1.54, 1.807) is 0 Å². The molecule has 1 aliphatic heterocycles. The number of aliphatic hydroxyl groups excluding tert-OH is 1. The van der Waals surface area contributed by atoms with Crippen LogP contribution >= 0.6 is 0 Å². The fourth-order valence-corrected chi connectivity index (χ4v) is 1.14. The molecule has 0 aromatic carbocycles. The third kappa shape index (κ3) is 1.46. The zero-order valence-corrected chi connectivity index (χ0v) is 5.58. The van der Waals surface area contributed by atoms with Crippen molar-refractivity contribution in [2.45, 2.75) is 12.5 Å². The number of hydrogen-bond acceptors (Lipinski definition) is 3. The van der Waals surface area contributed by atoms with Gasteiger partial charge in [0.05, 0.1) is 0 Å². The van der Waals surface area contributed by atoms with Gasteiger partial charge in [-0.05, 0) is 12.3 Å². The van der Waals surface area contributed by atoms with E-state index >= 15 is 0 Å². The average molecular weight is 145 g/mol. The van der Waals surface area contributed by atoms with Gasteiger partial charge in [-0.3, -0.25) is 4.79 Å². The quantitative estimate of drug-likeness (QED) is 0.468. The van der Waals surface area contributed by atoms with Crippen LogP contribution in [-0.2, 0) is 4.79 Å². The molecule has 58 valence electrons. The van der Waals surface area contributed by atoms with Crippen LogP contribution in [0.3, 0.4) is 0 Å². The molecule has 0 radical (unpaired) electrons. The van der Waals surface area contributed by atoms with E-state index in [2.05, 4.69) is 5.32 Å². The maximum Gasteiger partial charge on any atom is 0.320 e. The molecular formula is C6H11NO3. The Morgan fingerprint density at radius 1 is 1.70 bits per heavy atom. The first kappa shape index (κ1) is 7.50. The summed E-state index contributed by atoms with van der Waals surface area (Å²) in [5.74, 6) is -0.697. The number of carboxylic acids is 1. The van der Waals surface area contributed by atoms with E-state index < -0.39 is 12.0 Å². The second-order valence-corrected chi connectivity index (χ2v) is 2.58. The van der Waals surface area contributed by atoms with Gasteiger partial charge in [-0.15, -0.1) is 0 Å². The van der Waals surface area contributed by atoms with Crippen molar-refractivity contribution in [3.8, 4) is 0 Å². The highest BCUT2D eigenvalue weighted by molar-refractivity contribution is 5.73. The highest BCUT2D eigenvalue weighted by Crippen LogP contribution is 2.12. The number of rotatable bonds is 2. The van der Waals surface area contributed by atoms with Crippen molar-refractivity contribution in [1.29, 1.82) is 0 Å². The van der Waals surface area contributed by atoms with Crippen LogP contribution in [0, 0.1) is 5.92 Å². The van der Waals surface area contributed by atoms with Crippen molar-refractivity contribution in [3.05, 3.63) is 0 Å². The van der Waals surface area contributed by atoms with Crippen LogP contribution in [0.15, 0.2) is 0 Å². The molecule has 0 aromatic heterocycles. The zero-order chi connectivity index (χ0) is 7.56. The minimum Gasteiger partial charge on any atom is -0.480 e. The number of aliphatic hydroxyl groups is 1. The monoisotopic (exact) mass is 145 g/mol. The fraction of sp³-hybridized carbons (Fsp3) is 0.833. The molecule has 0 aromatic rings. The Balaban J connectivity index is 2.35. The molecule has 0 unspecified atom stereocenters. The molecule has 10 heavy (non-hydrogen) atoms. The van der Waals surface area contributed by atoms with Gasteiger partial charge in [0.25, 0.3) is 0 Å². The Kier molecular flexibility index (Phi) is 2.24. The molecule has 2 atom stereocenters. The van der Waals surface area contributed by atoms with Crippen LogP contribution in [0.4, 0.5) is 0 Å². The van der Waals surface area contributed by atoms with Crippen LogP contribution in [0.2, 0.25) is 0 Å². The van der Waals surface area contributed by atoms with Crippen molar-refractivity contribution in [2.75, 3.05) is 13.2 Å². The van der Waals surface area contributed by atoms with Crippen molar-refractivity contribution >= 4 is 5.97 Å². The third-order valence-electron chi connectivity index (χ3n) is 1.78. The van der Waals surface area contributed by atoms with Gasteiger partial charge in [0.2, 0.25) is 0 Å². The van der Waals surface area contributed by atoms with Gasteiger partial charge in [-0.2, -0.15) is 0 Å². The van der Waals surface area contributed by atoms with Gasteiger partial charge in [-0.25, -0.2) is 0 Å². The largest absolute Gasteiger partial charge is 0.480 e. The molecule has 3 N–H and O–H groups in total. The molecule has 0 aliphatic carbocycles. The lowest BCUT2D eigenvalue weighted by molar-refractivity contribution is -0.139. The first-order valence-corrected chi connectivity index (χ1v) is 3.31. The molecular weight excluding hydrogens is 134 g/mol. The Hall–Kier alpha value is -0.610. The summed E-state index contributed by atoms with van der Waals surface area (Å²) >= 11 is 0. The van der Waals surface area contributed by atoms with Gasteiger partial charge in [0.1, 0.15) is 6.04 Å². The summed E-state index contributed by atoms with van der Waals surface area (Å²) in [6.07, 6.45) is 0.547. The van der Waals surface area contributed by atoms with Gasteiger partial charge in [-0.1, -0.05) is 0 Å². The molecule has 1 heterocycles. The van der Waals surface area contributed by atoms with E-state index in [0.717, 1.165) is 0 Å². The first-order valence-electron chi connectivity index (χ1n) is 3.31. The van der Waals surface area contributed by atoms with Crippen LogP contribution in [-0.4, -0.2) is 35.4 Å². The maximum absolute atomic E-state index is 10.3. The molecule has 1 rings (SSSR count). The molecule has 0 saturated carbocycles. The molecule has 1 aliphatic rings. The van der Waals surface area contributed by atoms with E-state index in [1.807, 2.05) is 0 Å². The van der Waals surface area contributed by atoms with Crippen LogP contribution in [0.25, 0.3) is 0 Å². The summed E-state index contributed by atoms with van der Waals surface area (Å²) in [6, 6.07) is -0.447. The lowest BCUT2D eigenvalue weighted by Crippen LogP contribution is -2.29. The van der Waals surface area contributed by atoms with E-state index in [0.29, 0.717) is 13.0 Å². The van der Waals surface area contributed by atoms with Crippen molar-refractivity contribution in [1.82, 2.24) is 5.32 Å². The van der Waals surface area contributed by atoms with Gasteiger partial charge in [0.15, 0.2) is 0 Å². The van der Waals surface area contributed by atoms with Crippen LogP contribution in [0.1, 0.15) is 6.42 Å². The summed E-state index contributed by atoms with van der Waals surface area (Å²) in [7, 11) is 0. The number of carboxylic acid groups (broad SMARTS) is 1. The fourth-order valence-electron chi connectivity index (χ4n) is 1.14. The lowest BCUT2D eigenvalue weighted by atomic mass is 10.1. The Bertz CT molecular complexity index is 137. The number of hydrogen-bond donors (Lipinski definition) is 3. The van der Waals surface area contributed by atoms with Crippen LogP contribution in [0.5, 0.6) is 0 Å². The zero-order valence-electron chi connectivity index (χ0n) is 5.58. The third-order valence-corrected chi connectivity index (χ3v) is 1.78. The Labute approximate surface area is 58.9 Å². The summed E-state index contributed by atoms with van der Waals surface area (Å²) in [4.78, 5) is 10.3. The van der Waals surface area contributed by atoms with Crippen molar-refractivity contribution < 1.29 is 15.0 Å². The number of nitrogens with one attached hydrogen (secondary N) is 1. The summed E-state index contributed by atoms with van der Waals surface area (Å²) in [6.45, 7) is 0.699. The minimum atomic E-state index is -0.823. The average Bonchev–Trinajstić information content (AvgIpc) is 2.34. The second-order valence-electron chi connectivity index (χ2n) is 2.58. The highest BCUT2D eigenvalue weighted by atomic mass is 16.4.